The number of urea groups is 1. The van der Waals surface area contributed by atoms with E-state index >= 15 is 0 Å². The number of hydrogen-bond acceptors (Lipinski definition) is 3. The van der Waals surface area contributed by atoms with Crippen LogP contribution in [0.4, 0.5) is 4.79 Å². The summed E-state index contributed by atoms with van der Waals surface area (Å²) in [4.78, 5) is 25.2. The summed E-state index contributed by atoms with van der Waals surface area (Å²) in [5, 5.41) is 15.5. The van der Waals surface area contributed by atoms with Gasteiger partial charge in [-0.3, -0.25) is 4.79 Å². The second kappa shape index (κ2) is 8.12. The third-order valence-electron chi connectivity index (χ3n) is 5.31. The van der Waals surface area contributed by atoms with Crippen molar-refractivity contribution < 1.29 is 14.7 Å². The number of nitrogens with one attached hydrogen (secondary N) is 2. The number of amides is 2. The minimum atomic E-state index is -0.548. The maximum absolute atomic E-state index is 13.1. The van der Waals surface area contributed by atoms with Crippen molar-refractivity contribution in [1.82, 2.24) is 10.6 Å². The first-order valence-corrected chi connectivity index (χ1v) is 9.69. The number of ketones is 1. The van der Waals surface area contributed by atoms with Gasteiger partial charge < -0.3 is 15.7 Å². The summed E-state index contributed by atoms with van der Waals surface area (Å²) >= 11 is 6.04. The lowest BCUT2D eigenvalue weighted by Gasteiger charge is -2.31. The van der Waals surface area contributed by atoms with Crippen molar-refractivity contribution in [1.29, 1.82) is 0 Å². The Morgan fingerprint density at radius 2 is 2.00 bits per heavy atom. The van der Waals surface area contributed by atoms with Crippen LogP contribution in [0.25, 0.3) is 0 Å². The van der Waals surface area contributed by atoms with Crippen LogP contribution in [-0.4, -0.2) is 16.9 Å². The van der Waals surface area contributed by atoms with Gasteiger partial charge in [0, 0.05) is 17.7 Å². The SMILES string of the molecule is CCC1=C(C(=O)CC2CCCCC2)[C@H](c2ccc(O)c(Cl)c2)NC(=O)N1. The van der Waals surface area contributed by atoms with Gasteiger partial charge in [0.25, 0.3) is 0 Å². The lowest BCUT2D eigenvalue weighted by molar-refractivity contribution is -0.117. The fourth-order valence-corrected chi connectivity index (χ4v) is 4.13. The molecule has 0 spiro atoms. The lowest BCUT2D eigenvalue weighted by Crippen LogP contribution is -2.45. The number of phenols is 1. The van der Waals surface area contributed by atoms with Crippen LogP contribution >= 0.6 is 11.6 Å². The second-order valence-corrected chi connectivity index (χ2v) is 7.53. The molecule has 3 N–H and O–H groups in total. The first kappa shape index (κ1) is 18.8. The molecule has 2 amide bonds. The van der Waals surface area contributed by atoms with Gasteiger partial charge in [-0.2, -0.15) is 0 Å². The van der Waals surface area contributed by atoms with E-state index in [9.17, 15) is 14.7 Å². The van der Waals surface area contributed by atoms with Crippen LogP contribution in [0.5, 0.6) is 5.75 Å². The van der Waals surface area contributed by atoms with Crippen molar-refractivity contribution in [2.24, 2.45) is 5.92 Å². The molecule has 1 saturated carbocycles. The highest BCUT2D eigenvalue weighted by atomic mass is 35.5. The largest absolute Gasteiger partial charge is 0.506 e. The van der Waals surface area contributed by atoms with E-state index in [-0.39, 0.29) is 22.6 Å². The molecule has 3 rings (SSSR count). The van der Waals surface area contributed by atoms with Crippen molar-refractivity contribution >= 4 is 23.4 Å². The van der Waals surface area contributed by atoms with E-state index in [0.717, 1.165) is 12.8 Å². The van der Waals surface area contributed by atoms with Crippen LogP contribution in [0.1, 0.15) is 63.5 Å². The van der Waals surface area contributed by atoms with Gasteiger partial charge in [-0.05, 0) is 30.0 Å². The third-order valence-corrected chi connectivity index (χ3v) is 5.61. The predicted molar refractivity (Wildman–Crippen MR) is 101 cm³/mol. The molecule has 0 bridgehead atoms. The van der Waals surface area contributed by atoms with E-state index in [4.69, 9.17) is 11.6 Å². The molecule has 1 fully saturated rings. The molecule has 0 aromatic heterocycles. The van der Waals surface area contributed by atoms with Crippen molar-refractivity contribution in [3.8, 4) is 5.75 Å². The van der Waals surface area contributed by atoms with Gasteiger partial charge in [0.15, 0.2) is 5.78 Å². The van der Waals surface area contributed by atoms with E-state index in [1.807, 2.05) is 6.92 Å². The highest BCUT2D eigenvalue weighted by Crippen LogP contribution is 2.35. The van der Waals surface area contributed by atoms with Crippen LogP contribution in [0.2, 0.25) is 5.02 Å². The molecule has 1 aliphatic carbocycles. The highest BCUT2D eigenvalue weighted by molar-refractivity contribution is 6.32. The fraction of sp³-hybridized carbons (Fsp3) is 0.500. The van der Waals surface area contributed by atoms with Crippen molar-refractivity contribution in [3.05, 3.63) is 40.1 Å². The molecule has 1 atom stereocenters. The number of carbonyl (C=O) groups is 2. The number of phenolic OH excluding ortho intramolecular Hbond substituents is 1. The number of carbonyl (C=O) groups excluding carboxylic acids is 2. The minimum Gasteiger partial charge on any atom is -0.506 e. The zero-order chi connectivity index (χ0) is 18.7. The number of aromatic hydroxyl groups is 1. The van der Waals surface area contributed by atoms with Gasteiger partial charge in [0.1, 0.15) is 5.75 Å². The fourth-order valence-electron chi connectivity index (χ4n) is 3.94. The Hall–Kier alpha value is -2.01. The van der Waals surface area contributed by atoms with Crippen molar-refractivity contribution in [2.75, 3.05) is 0 Å². The van der Waals surface area contributed by atoms with Gasteiger partial charge in [0.2, 0.25) is 0 Å². The molecular weight excluding hydrogens is 352 g/mol. The summed E-state index contributed by atoms with van der Waals surface area (Å²) in [7, 11) is 0. The molecule has 2 aliphatic rings. The Kier molecular flexibility index (Phi) is 5.87. The van der Waals surface area contributed by atoms with E-state index in [0.29, 0.717) is 35.6 Å². The molecular formula is C20H25ClN2O3. The Morgan fingerprint density at radius 1 is 1.27 bits per heavy atom. The molecule has 1 aromatic carbocycles. The number of halogens is 1. The Balaban J connectivity index is 1.93. The van der Waals surface area contributed by atoms with Crippen molar-refractivity contribution in [3.63, 3.8) is 0 Å². The lowest BCUT2D eigenvalue weighted by atomic mass is 9.82. The van der Waals surface area contributed by atoms with Crippen LogP contribution in [0.3, 0.4) is 0 Å². The van der Waals surface area contributed by atoms with Gasteiger partial charge in [-0.1, -0.05) is 56.7 Å². The monoisotopic (exact) mass is 376 g/mol. The molecule has 0 unspecified atom stereocenters. The zero-order valence-corrected chi connectivity index (χ0v) is 15.7. The first-order chi connectivity index (χ1) is 12.5. The van der Waals surface area contributed by atoms with Crippen LogP contribution in [0.15, 0.2) is 29.5 Å². The number of Topliss-reactive ketones (excluding diaryl/α,β-unsaturated/α-hetero) is 1. The molecule has 5 nitrogen and oxygen atoms in total. The normalized spacial score (nSPS) is 21.3. The highest BCUT2D eigenvalue weighted by Gasteiger charge is 2.33. The quantitative estimate of drug-likeness (QED) is 0.702. The number of allylic oxidation sites excluding steroid dienone is 1. The predicted octanol–water partition coefficient (Wildman–Crippen LogP) is 4.60. The standard InChI is InChI=1S/C20H25ClN2O3/c1-2-15-18(17(25)10-12-6-4-3-5-7-12)19(23-20(26)22-15)13-8-9-16(24)14(21)11-13/h8-9,11-12,19,24H,2-7,10H2,1H3,(H2,22,23,26)/t19-/m0/s1. The average Bonchev–Trinajstić information content (AvgIpc) is 2.63. The maximum atomic E-state index is 13.1. The smallest absolute Gasteiger partial charge is 0.319 e. The molecule has 26 heavy (non-hydrogen) atoms. The summed E-state index contributed by atoms with van der Waals surface area (Å²) in [6, 6.07) is 3.91. The Bertz CT molecular complexity index is 739. The van der Waals surface area contributed by atoms with Crippen LogP contribution in [-0.2, 0) is 4.79 Å². The molecule has 6 heteroatoms. The van der Waals surface area contributed by atoms with Gasteiger partial charge in [-0.15, -0.1) is 0 Å². The number of rotatable bonds is 5. The molecule has 1 aromatic rings. The van der Waals surface area contributed by atoms with Crippen LogP contribution in [0, 0.1) is 5.92 Å². The molecule has 0 saturated heterocycles. The average molecular weight is 377 g/mol. The van der Waals surface area contributed by atoms with Gasteiger partial charge in [-0.25, -0.2) is 4.79 Å². The summed E-state index contributed by atoms with van der Waals surface area (Å²) < 4.78 is 0. The van der Waals surface area contributed by atoms with E-state index in [1.54, 1.807) is 12.1 Å². The number of hydrogen-bond donors (Lipinski definition) is 3. The molecule has 0 radical (unpaired) electrons. The number of benzene rings is 1. The Morgan fingerprint density at radius 3 is 2.65 bits per heavy atom. The van der Waals surface area contributed by atoms with Gasteiger partial charge >= 0.3 is 6.03 Å². The summed E-state index contributed by atoms with van der Waals surface area (Å²) in [6.45, 7) is 1.93. The molecule has 140 valence electrons. The van der Waals surface area contributed by atoms with Crippen LogP contribution < -0.4 is 10.6 Å². The van der Waals surface area contributed by atoms with Crippen molar-refractivity contribution in [2.45, 2.75) is 57.9 Å². The summed E-state index contributed by atoms with van der Waals surface area (Å²) in [5.41, 5.74) is 1.98. The van der Waals surface area contributed by atoms with E-state index in [2.05, 4.69) is 10.6 Å². The topological polar surface area (TPSA) is 78.4 Å². The molecule has 1 aliphatic heterocycles. The van der Waals surface area contributed by atoms with Gasteiger partial charge in [0.05, 0.1) is 11.1 Å². The molecule has 1 heterocycles. The second-order valence-electron chi connectivity index (χ2n) is 7.12. The maximum Gasteiger partial charge on any atom is 0.319 e. The summed E-state index contributed by atoms with van der Waals surface area (Å²) in [6.07, 6.45) is 6.89. The third kappa shape index (κ3) is 4.04. The first-order valence-electron chi connectivity index (χ1n) is 9.31. The van der Waals surface area contributed by atoms with E-state index in [1.165, 1.54) is 25.3 Å². The zero-order valence-electron chi connectivity index (χ0n) is 15.0. The summed E-state index contributed by atoms with van der Waals surface area (Å²) in [5.74, 6) is 0.476. The minimum absolute atomic E-state index is 0.0227. The van der Waals surface area contributed by atoms with E-state index < -0.39 is 6.04 Å². The Labute approximate surface area is 158 Å².